The molecule has 2 atom stereocenters. The van der Waals surface area contributed by atoms with Gasteiger partial charge in [-0.15, -0.1) is 0 Å². The highest BCUT2D eigenvalue weighted by atomic mass is 14.9. The van der Waals surface area contributed by atoms with E-state index in [2.05, 4.69) is 10.3 Å². The SMILES string of the molecule is CNC1CCC(Cc2cnccc2N)C1. The van der Waals surface area contributed by atoms with E-state index < -0.39 is 0 Å². The van der Waals surface area contributed by atoms with Gasteiger partial charge in [-0.1, -0.05) is 0 Å². The molecular weight excluding hydrogens is 186 g/mol. The highest BCUT2D eigenvalue weighted by Crippen LogP contribution is 2.29. The number of hydrogen-bond acceptors (Lipinski definition) is 3. The smallest absolute Gasteiger partial charge is 0.0377 e. The van der Waals surface area contributed by atoms with Gasteiger partial charge in [-0.25, -0.2) is 0 Å². The molecule has 1 saturated carbocycles. The Hall–Kier alpha value is -1.09. The van der Waals surface area contributed by atoms with Crippen molar-refractivity contribution in [2.24, 2.45) is 5.92 Å². The van der Waals surface area contributed by atoms with Crippen LogP contribution >= 0.6 is 0 Å². The van der Waals surface area contributed by atoms with Crippen LogP contribution in [-0.4, -0.2) is 18.1 Å². The van der Waals surface area contributed by atoms with Crippen LogP contribution in [0, 0.1) is 5.92 Å². The van der Waals surface area contributed by atoms with E-state index in [1.165, 1.54) is 24.8 Å². The highest BCUT2D eigenvalue weighted by molar-refractivity contribution is 5.44. The second-order valence-corrected chi connectivity index (χ2v) is 4.44. The maximum Gasteiger partial charge on any atom is 0.0377 e. The van der Waals surface area contributed by atoms with Crippen molar-refractivity contribution in [1.29, 1.82) is 0 Å². The van der Waals surface area contributed by atoms with Crippen LogP contribution in [0.1, 0.15) is 24.8 Å². The fourth-order valence-electron chi connectivity index (χ4n) is 2.44. The van der Waals surface area contributed by atoms with E-state index in [1.807, 2.05) is 19.3 Å². The molecule has 2 rings (SSSR count). The quantitative estimate of drug-likeness (QED) is 0.788. The molecule has 0 amide bonds. The van der Waals surface area contributed by atoms with Crippen LogP contribution in [0.4, 0.5) is 5.69 Å². The standard InChI is InChI=1S/C12H19N3/c1-14-11-3-2-9(7-11)6-10-8-15-5-4-12(10)13/h4-5,8-9,11,14H,2-3,6-7H2,1H3,(H2,13,15). The number of nitrogens with two attached hydrogens (primary N) is 1. The third-order valence-corrected chi connectivity index (χ3v) is 3.40. The first-order chi connectivity index (χ1) is 7.29. The van der Waals surface area contributed by atoms with E-state index in [-0.39, 0.29) is 0 Å². The number of anilines is 1. The zero-order chi connectivity index (χ0) is 10.7. The predicted molar refractivity (Wildman–Crippen MR) is 62.5 cm³/mol. The first-order valence-electron chi connectivity index (χ1n) is 5.65. The molecule has 1 aliphatic rings. The van der Waals surface area contributed by atoms with Crippen molar-refractivity contribution in [3.05, 3.63) is 24.0 Å². The Bertz CT molecular complexity index is 324. The number of nitrogens with zero attached hydrogens (tertiary/aromatic N) is 1. The van der Waals surface area contributed by atoms with Gasteiger partial charge in [-0.3, -0.25) is 4.98 Å². The zero-order valence-corrected chi connectivity index (χ0v) is 9.24. The Morgan fingerprint density at radius 2 is 2.40 bits per heavy atom. The van der Waals surface area contributed by atoms with Crippen molar-refractivity contribution in [3.8, 4) is 0 Å². The molecule has 0 bridgehead atoms. The number of aromatic nitrogens is 1. The third kappa shape index (κ3) is 2.48. The third-order valence-electron chi connectivity index (χ3n) is 3.40. The molecule has 1 aromatic rings. The average Bonchev–Trinajstić information content (AvgIpc) is 2.69. The summed E-state index contributed by atoms with van der Waals surface area (Å²) >= 11 is 0. The topological polar surface area (TPSA) is 50.9 Å². The Labute approximate surface area is 91.1 Å². The van der Waals surface area contributed by atoms with Crippen LogP contribution in [-0.2, 0) is 6.42 Å². The Morgan fingerprint density at radius 3 is 3.07 bits per heavy atom. The van der Waals surface area contributed by atoms with Crippen LogP contribution in [0.2, 0.25) is 0 Å². The van der Waals surface area contributed by atoms with Crippen LogP contribution < -0.4 is 11.1 Å². The number of rotatable bonds is 3. The maximum atomic E-state index is 5.91. The molecule has 1 aliphatic carbocycles. The minimum atomic E-state index is 0.702. The van der Waals surface area contributed by atoms with E-state index in [9.17, 15) is 0 Å². The van der Waals surface area contributed by atoms with Crippen LogP contribution in [0.15, 0.2) is 18.5 Å². The lowest BCUT2D eigenvalue weighted by molar-refractivity contribution is 0.510. The number of pyridine rings is 1. The van der Waals surface area contributed by atoms with E-state index in [1.54, 1.807) is 6.20 Å². The van der Waals surface area contributed by atoms with Crippen LogP contribution in [0.25, 0.3) is 0 Å². The Balaban J connectivity index is 1.96. The summed E-state index contributed by atoms with van der Waals surface area (Å²) in [6, 6.07) is 2.59. The normalized spacial score (nSPS) is 25.7. The van der Waals surface area contributed by atoms with E-state index in [0.29, 0.717) is 6.04 Å². The molecule has 0 saturated heterocycles. The van der Waals surface area contributed by atoms with Crippen molar-refractivity contribution >= 4 is 5.69 Å². The molecule has 82 valence electrons. The van der Waals surface area contributed by atoms with Gasteiger partial charge in [0.05, 0.1) is 0 Å². The lowest BCUT2D eigenvalue weighted by Gasteiger charge is -2.11. The Morgan fingerprint density at radius 1 is 1.53 bits per heavy atom. The summed E-state index contributed by atoms with van der Waals surface area (Å²) in [5, 5.41) is 3.35. The van der Waals surface area contributed by atoms with E-state index in [0.717, 1.165) is 18.0 Å². The summed E-state index contributed by atoms with van der Waals surface area (Å²) in [6.07, 6.45) is 8.61. The number of nitrogen functional groups attached to an aromatic ring is 1. The summed E-state index contributed by atoms with van der Waals surface area (Å²) in [6.45, 7) is 0. The molecule has 3 N–H and O–H groups in total. The second-order valence-electron chi connectivity index (χ2n) is 4.44. The highest BCUT2D eigenvalue weighted by Gasteiger charge is 2.23. The van der Waals surface area contributed by atoms with Gasteiger partial charge in [0.2, 0.25) is 0 Å². The molecule has 3 nitrogen and oxygen atoms in total. The van der Waals surface area contributed by atoms with Gasteiger partial charge >= 0.3 is 0 Å². The number of hydrogen-bond donors (Lipinski definition) is 2. The molecule has 1 fully saturated rings. The van der Waals surface area contributed by atoms with Gasteiger partial charge in [0.15, 0.2) is 0 Å². The monoisotopic (exact) mass is 205 g/mol. The molecule has 15 heavy (non-hydrogen) atoms. The molecule has 0 radical (unpaired) electrons. The fourth-order valence-corrected chi connectivity index (χ4v) is 2.44. The van der Waals surface area contributed by atoms with Crippen molar-refractivity contribution in [3.63, 3.8) is 0 Å². The summed E-state index contributed by atoms with van der Waals surface area (Å²) < 4.78 is 0. The van der Waals surface area contributed by atoms with Gasteiger partial charge in [-0.2, -0.15) is 0 Å². The molecule has 3 heteroatoms. The predicted octanol–water partition coefficient (Wildman–Crippen LogP) is 1.59. The van der Waals surface area contributed by atoms with Crippen molar-refractivity contribution in [2.75, 3.05) is 12.8 Å². The fraction of sp³-hybridized carbons (Fsp3) is 0.583. The van der Waals surface area contributed by atoms with Crippen molar-refractivity contribution < 1.29 is 0 Å². The summed E-state index contributed by atoms with van der Waals surface area (Å²) in [5.74, 6) is 0.772. The van der Waals surface area contributed by atoms with Gasteiger partial charge < -0.3 is 11.1 Å². The van der Waals surface area contributed by atoms with Crippen LogP contribution in [0.5, 0.6) is 0 Å². The minimum Gasteiger partial charge on any atom is -0.398 e. The minimum absolute atomic E-state index is 0.702. The first kappa shape index (κ1) is 10.4. The molecule has 1 aromatic heterocycles. The van der Waals surface area contributed by atoms with Crippen LogP contribution in [0.3, 0.4) is 0 Å². The summed E-state index contributed by atoms with van der Waals surface area (Å²) in [5.41, 5.74) is 8.00. The van der Waals surface area contributed by atoms with E-state index in [4.69, 9.17) is 5.73 Å². The second kappa shape index (κ2) is 4.62. The van der Waals surface area contributed by atoms with Crippen molar-refractivity contribution in [1.82, 2.24) is 10.3 Å². The molecular formula is C12H19N3. The molecule has 0 aliphatic heterocycles. The van der Waals surface area contributed by atoms with Crippen molar-refractivity contribution in [2.45, 2.75) is 31.7 Å². The molecule has 2 unspecified atom stereocenters. The first-order valence-corrected chi connectivity index (χ1v) is 5.65. The van der Waals surface area contributed by atoms with E-state index >= 15 is 0 Å². The zero-order valence-electron chi connectivity index (χ0n) is 9.24. The summed E-state index contributed by atoms with van der Waals surface area (Å²) in [7, 11) is 2.05. The van der Waals surface area contributed by atoms with Gasteiger partial charge in [0, 0.05) is 24.1 Å². The molecule has 1 heterocycles. The van der Waals surface area contributed by atoms with Gasteiger partial charge in [0.25, 0.3) is 0 Å². The average molecular weight is 205 g/mol. The lowest BCUT2D eigenvalue weighted by Crippen LogP contribution is -2.21. The lowest BCUT2D eigenvalue weighted by atomic mass is 9.98. The van der Waals surface area contributed by atoms with Gasteiger partial charge in [0.1, 0.15) is 0 Å². The molecule has 0 spiro atoms. The molecule has 0 aromatic carbocycles. The summed E-state index contributed by atoms with van der Waals surface area (Å²) in [4.78, 5) is 4.13. The largest absolute Gasteiger partial charge is 0.398 e. The Kier molecular flexibility index (Phi) is 3.21. The maximum absolute atomic E-state index is 5.91. The van der Waals surface area contributed by atoms with Gasteiger partial charge in [-0.05, 0) is 50.3 Å². The number of nitrogens with one attached hydrogen (secondary N) is 1.